The van der Waals surface area contributed by atoms with Crippen LogP contribution in [0.5, 0.6) is 11.5 Å². The summed E-state index contributed by atoms with van der Waals surface area (Å²) in [5.74, 6) is -2.70. The first-order chi connectivity index (χ1) is 16.3. The number of aliphatic carboxylic acids is 1. The lowest BCUT2D eigenvalue weighted by atomic mass is 10.1. The molecule has 0 radical (unpaired) electrons. The molecule has 34 heavy (non-hydrogen) atoms. The van der Waals surface area contributed by atoms with Crippen LogP contribution in [0.2, 0.25) is 0 Å². The molecule has 1 atom stereocenters. The summed E-state index contributed by atoms with van der Waals surface area (Å²) in [6.45, 7) is -1.81. The summed E-state index contributed by atoms with van der Waals surface area (Å²) in [4.78, 5) is 51.9. The number of Topliss-reactive ketones (excluding diaryl/α,β-unsaturated/α-hetero) is 1. The fraction of sp³-hybridized carbons (Fsp3) is 0.261. The molecule has 2 N–H and O–H groups in total. The Bertz CT molecular complexity index is 1280. The smallest absolute Gasteiger partial charge is 0.303 e. The van der Waals surface area contributed by atoms with Crippen molar-refractivity contribution in [2.45, 2.75) is 31.8 Å². The minimum Gasteiger partial charge on any atom is -0.481 e. The molecule has 1 unspecified atom stereocenters. The van der Waals surface area contributed by atoms with Crippen molar-refractivity contribution in [1.29, 1.82) is 0 Å². The molecule has 0 spiro atoms. The van der Waals surface area contributed by atoms with E-state index >= 15 is 0 Å². The second-order valence-electron chi connectivity index (χ2n) is 7.42. The highest BCUT2D eigenvalue weighted by Crippen LogP contribution is 2.24. The Kier molecular flexibility index (Phi) is 8.01. The number of ether oxygens (including phenoxy) is 1. The Morgan fingerprint density at radius 1 is 1.15 bits per heavy atom. The molecule has 0 bridgehead atoms. The van der Waals surface area contributed by atoms with E-state index in [9.17, 15) is 28.0 Å². The van der Waals surface area contributed by atoms with Gasteiger partial charge in [0.05, 0.1) is 23.3 Å². The topological polar surface area (TPSA) is 128 Å². The summed E-state index contributed by atoms with van der Waals surface area (Å²) in [7, 11) is 0. The van der Waals surface area contributed by atoms with E-state index in [0.29, 0.717) is 5.52 Å². The Morgan fingerprint density at radius 3 is 2.62 bits per heavy atom. The second-order valence-corrected chi connectivity index (χ2v) is 7.42. The molecule has 178 valence electrons. The average molecular weight is 473 g/mol. The molecule has 0 aliphatic rings. The monoisotopic (exact) mass is 473 g/mol. The van der Waals surface area contributed by atoms with Crippen LogP contribution in [0.15, 0.2) is 53.6 Å². The average Bonchev–Trinajstić information content (AvgIpc) is 2.80. The van der Waals surface area contributed by atoms with Gasteiger partial charge in [-0.05, 0) is 43.2 Å². The molecule has 2 aromatic carbocycles. The number of ketones is 1. The van der Waals surface area contributed by atoms with Gasteiger partial charge in [0.15, 0.2) is 5.78 Å². The van der Waals surface area contributed by atoms with Gasteiger partial charge in [-0.25, -0.2) is 13.8 Å². The van der Waals surface area contributed by atoms with Crippen LogP contribution in [0, 0.1) is 5.82 Å². The van der Waals surface area contributed by atoms with Gasteiger partial charge in [-0.2, -0.15) is 0 Å². The van der Waals surface area contributed by atoms with Crippen molar-refractivity contribution in [3.63, 3.8) is 0 Å². The number of amides is 1. The number of halogens is 2. The van der Waals surface area contributed by atoms with E-state index in [1.807, 2.05) is 0 Å². The third-order valence-electron chi connectivity index (χ3n) is 4.88. The minimum absolute atomic E-state index is 0.0492. The van der Waals surface area contributed by atoms with Gasteiger partial charge in [-0.1, -0.05) is 6.07 Å². The Labute approximate surface area is 192 Å². The summed E-state index contributed by atoms with van der Waals surface area (Å²) < 4.78 is 32.8. The normalized spacial score (nSPS) is 11.7. The summed E-state index contributed by atoms with van der Waals surface area (Å²) in [5.41, 5.74) is -0.225. The van der Waals surface area contributed by atoms with Gasteiger partial charge in [0, 0.05) is 12.5 Å². The standard InChI is InChI=1S/C23H21F2N3O6/c24-11-20(29)19(5-2-6-22(31)32)27-21(30)12-28-13-26-18-8-7-16(10-17(18)23(28)33)34-15-4-1-3-14(25)9-15/h1,3-4,7-10,13,19H,2,5-6,11-12H2,(H,27,30)(H,31,32). The quantitative estimate of drug-likeness (QED) is 0.438. The second kappa shape index (κ2) is 11.1. The van der Waals surface area contributed by atoms with Crippen molar-refractivity contribution in [2.75, 3.05) is 6.67 Å². The molecule has 1 aromatic heterocycles. The maximum Gasteiger partial charge on any atom is 0.303 e. The molecule has 9 nitrogen and oxygen atoms in total. The zero-order valence-corrected chi connectivity index (χ0v) is 17.9. The summed E-state index contributed by atoms with van der Waals surface area (Å²) in [6.07, 6.45) is 0.942. The Morgan fingerprint density at radius 2 is 1.91 bits per heavy atom. The predicted molar refractivity (Wildman–Crippen MR) is 117 cm³/mol. The summed E-state index contributed by atoms with van der Waals surface area (Å²) >= 11 is 0. The van der Waals surface area contributed by atoms with Crippen LogP contribution in [0.1, 0.15) is 19.3 Å². The number of hydrogen-bond donors (Lipinski definition) is 2. The molecule has 0 aliphatic carbocycles. The Hall–Kier alpha value is -4.15. The minimum atomic E-state index is -1.32. The molecular weight excluding hydrogens is 452 g/mol. The fourth-order valence-electron chi connectivity index (χ4n) is 3.24. The van der Waals surface area contributed by atoms with Crippen molar-refractivity contribution >= 4 is 28.6 Å². The van der Waals surface area contributed by atoms with E-state index in [4.69, 9.17) is 9.84 Å². The zero-order valence-electron chi connectivity index (χ0n) is 17.9. The van der Waals surface area contributed by atoms with Crippen LogP contribution in [-0.4, -0.2) is 45.0 Å². The number of fused-ring (bicyclic) bond motifs is 1. The van der Waals surface area contributed by atoms with Gasteiger partial charge in [0.1, 0.15) is 30.5 Å². The molecule has 0 saturated heterocycles. The van der Waals surface area contributed by atoms with Gasteiger partial charge in [-0.15, -0.1) is 0 Å². The number of rotatable bonds is 11. The first-order valence-corrected chi connectivity index (χ1v) is 10.3. The van der Waals surface area contributed by atoms with E-state index in [0.717, 1.165) is 10.9 Å². The molecule has 3 rings (SSSR count). The van der Waals surface area contributed by atoms with Crippen LogP contribution in [-0.2, 0) is 20.9 Å². The van der Waals surface area contributed by atoms with E-state index in [-0.39, 0.29) is 36.1 Å². The molecule has 0 fully saturated rings. The van der Waals surface area contributed by atoms with Gasteiger partial charge in [0.25, 0.3) is 5.56 Å². The van der Waals surface area contributed by atoms with Crippen molar-refractivity contribution in [1.82, 2.24) is 14.9 Å². The molecule has 3 aromatic rings. The lowest BCUT2D eigenvalue weighted by Crippen LogP contribution is -2.44. The van der Waals surface area contributed by atoms with E-state index < -0.39 is 48.3 Å². The number of benzene rings is 2. The summed E-state index contributed by atoms with van der Waals surface area (Å²) in [5, 5.41) is 11.2. The molecular formula is C23H21F2N3O6. The first-order valence-electron chi connectivity index (χ1n) is 10.3. The predicted octanol–water partition coefficient (Wildman–Crippen LogP) is 2.61. The van der Waals surface area contributed by atoms with Crippen molar-refractivity contribution in [3.05, 3.63) is 65.0 Å². The lowest BCUT2D eigenvalue weighted by molar-refractivity contribution is -0.137. The first kappa shape index (κ1) is 24.5. The van der Waals surface area contributed by atoms with E-state index in [1.165, 1.54) is 30.3 Å². The number of carbonyl (C=O) groups excluding carboxylic acids is 2. The van der Waals surface area contributed by atoms with Gasteiger partial charge < -0.3 is 15.2 Å². The molecule has 1 amide bonds. The molecule has 0 saturated carbocycles. The highest BCUT2D eigenvalue weighted by atomic mass is 19.1. The van der Waals surface area contributed by atoms with Crippen molar-refractivity contribution in [2.24, 2.45) is 0 Å². The maximum atomic E-state index is 13.4. The maximum absolute atomic E-state index is 13.4. The number of carbonyl (C=O) groups is 3. The Balaban J connectivity index is 1.76. The number of carboxylic acids is 1. The number of hydrogen-bond acceptors (Lipinski definition) is 6. The lowest BCUT2D eigenvalue weighted by Gasteiger charge is -2.16. The van der Waals surface area contributed by atoms with Crippen molar-refractivity contribution in [3.8, 4) is 11.5 Å². The van der Waals surface area contributed by atoms with Gasteiger partial charge in [0.2, 0.25) is 5.91 Å². The summed E-state index contributed by atoms with van der Waals surface area (Å²) in [6, 6.07) is 8.76. The van der Waals surface area contributed by atoms with E-state index in [2.05, 4.69) is 10.3 Å². The SMILES string of the molecule is O=C(O)CCCC(NC(=O)Cn1cnc2ccc(Oc3cccc(F)c3)cc2c1=O)C(=O)CF. The largest absolute Gasteiger partial charge is 0.481 e. The van der Waals surface area contributed by atoms with Crippen LogP contribution < -0.4 is 15.6 Å². The highest BCUT2D eigenvalue weighted by Gasteiger charge is 2.21. The number of nitrogens with zero attached hydrogens (tertiary/aromatic N) is 2. The number of carboxylic acid groups (broad SMARTS) is 1. The van der Waals surface area contributed by atoms with E-state index in [1.54, 1.807) is 12.1 Å². The highest BCUT2D eigenvalue weighted by molar-refractivity contribution is 5.90. The van der Waals surface area contributed by atoms with Crippen LogP contribution in [0.4, 0.5) is 8.78 Å². The van der Waals surface area contributed by atoms with Gasteiger partial charge >= 0.3 is 5.97 Å². The van der Waals surface area contributed by atoms with Crippen LogP contribution in [0.3, 0.4) is 0 Å². The van der Waals surface area contributed by atoms with Crippen molar-refractivity contribution < 1.29 is 33.0 Å². The number of alkyl halides is 1. The molecule has 1 heterocycles. The molecule has 0 aliphatic heterocycles. The third-order valence-corrected chi connectivity index (χ3v) is 4.88. The fourth-order valence-corrected chi connectivity index (χ4v) is 3.24. The van der Waals surface area contributed by atoms with Crippen LogP contribution >= 0.6 is 0 Å². The van der Waals surface area contributed by atoms with Crippen LogP contribution in [0.25, 0.3) is 10.9 Å². The zero-order chi connectivity index (χ0) is 24.7. The van der Waals surface area contributed by atoms with Gasteiger partial charge in [-0.3, -0.25) is 23.7 Å². The molecule has 11 heteroatoms. The number of nitrogens with one attached hydrogen (secondary N) is 1. The number of aromatic nitrogens is 2. The third kappa shape index (κ3) is 6.44.